The number of ether oxygens (including phenoxy) is 6. The first-order chi connectivity index (χ1) is 27.6. The molecule has 7 rings (SSSR count). The summed E-state index contributed by atoms with van der Waals surface area (Å²) in [6, 6.07) is 52.3. The zero-order chi connectivity index (χ0) is 38.4. The van der Waals surface area contributed by atoms with Crippen LogP contribution in [-0.2, 0) is 63.3 Å². The number of hydrogen-bond acceptors (Lipinski definition) is 7. The van der Waals surface area contributed by atoms with E-state index in [1.165, 1.54) is 6.07 Å². The first-order valence-corrected chi connectivity index (χ1v) is 19.0. The molecule has 288 valence electrons. The average Bonchev–Trinajstić information content (AvgIpc) is 3.25. The van der Waals surface area contributed by atoms with Crippen LogP contribution in [0.25, 0.3) is 0 Å². The molecule has 8 heteroatoms. The van der Waals surface area contributed by atoms with Gasteiger partial charge in [0, 0.05) is 17.2 Å². The fraction of sp³-hybridized carbons (Fsp3) is 0.250. The minimum atomic E-state index is -0.849. The number of aliphatic hydroxyl groups is 1. The van der Waals surface area contributed by atoms with E-state index in [1.807, 2.05) is 152 Å². The second-order valence-electron chi connectivity index (χ2n) is 13.8. The Balaban J connectivity index is 1.30. The lowest BCUT2D eigenvalue weighted by molar-refractivity contribution is -0.275. The van der Waals surface area contributed by atoms with Gasteiger partial charge in [-0.15, -0.1) is 0 Å². The number of aliphatic hydroxyl groups excluding tert-OH is 1. The molecule has 0 aliphatic carbocycles. The molecule has 1 aliphatic rings. The fourth-order valence-electron chi connectivity index (χ4n) is 6.86. The summed E-state index contributed by atoms with van der Waals surface area (Å²) < 4.78 is 56.0. The number of benzene rings is 6. The third-order valence-electron chi connectivity index (χ3n) is 9.78. The van der Waals surface area contributed by atoms with Crippen molar-refractivity contribution in [3.05, 3.63) is 209 Å². The first kappa shape index (κ1) is 39.1. The van der Waals surface area contributed by atoms with Crippen LogP contribution in [0.1, 0.15) is 45.0 Å². The highest BCUT2D eigenvalue weighted by molar-refractivity contribution is 5.41. The molecule has 0 saturated carbocycles. The molecular weight excluding hydrogens is 708 g/mol. The van der Waals surface area contributed by atoms with Gasteiger partial charge in [-0.05, 0) is 33.9 Å². The zero-order valence-electron chi connectivity index (χ0n) is 31.2. The molecule has 7 nitrogen and oxygen atoms in total. The van der Waals surface area contributed by atoms with Gasteiger partial charge in [-0.3, -0.25) is 0 Å². The fourth-order valence-corrected chi connectivity index (χ4v) is 6.86. The van der Waals surface area contributed by atoms with Crippen molar-refractivity contribution < 1.29 is 37.9 Å². The van der Waals surface area contributed by atoms with Crippen molar-refractivity contribution in [3.63, 3.8) is 0 Å². The van der Waals surface area contributed by atoms with Crippen molar-refractivity contribution in [3.8, 4) is 5.75 Å². The topological polar surface area (TPSA) is 75.6 Å². The van der Waals surface area contributed by atoms with Crippen LogP contribution in [0.4, 0.5) is 4.39 Å². The average molecular weight is 755 g/mol. The van der Waals surface area contributed by atoms with Crippen LogP contribution in [0.2, 0.25) is 0 Å². The quantitative estimate of drug-likeness (QED) is 0.0938. The van der Waals surface area contributed by atoms with Crippen molar-refractivity contribution in [1.29, 1.82) is 0 Å². The van der Waals surface area contributed by atoms with E-state index in [-0.39, 0.29) is 37.7 Å². The van der Waals surface area contributed by atoms with Crippen molar-refractivity contribution in [2.24, 2.45) is 0 Å². The SMILES string of the molecule is OCc1cc(C2OC(COCc3ccccc3)[C@@H](OCc3ccccc3)C(OCc3ccccc3)[C@H]2OCc2ccccc2)c(OCc2ccccc2)cc1F. The summed E-state index contributed by atoms with van der Waals surface area (Å²) in [7, 11) is 0. The maximum atomic E-state index is 15.5. The Morgan fingerprint density at radius 2 is 0.929 bits per heavy atom. The Hall–Kier alpha value is -5.19. The van der Waals surface area contributed by atoms with Crippen molar-refractivity contribution >= 4 is 0 Å². The Morgan fingerprint density at radius 3 is 1.41 bits per heavy atom. The summed E-state index contributed by atoms with van der Waals surface area (Å²) in [4.78, 5) is 0. The molecule has 1 N–H and O–H groups in total. The van der Waals surface area contributed by atoms with E-state index in [4.69, 9.17) is 28.4 Å². The molecule has 1 aliphatic heterocycles. The molecule has 6 aromatic carbocycles. The largest absolute Gasteiger partial charge is 0.488 e. The molecule has 1 heterocycles. The Kier molecular flexibility index (Phi) is 14.0. The number of halogens is 1. The van der Waals surface area contributed by atoms with Crippen LogP contribution in [0.3, 0.4) is 0 Å². The monoisotopic (exact) mass is 754 g/mol. The minimum absolute atomic E-state index is 0.110. The smallest absolute Gasteiger partial charge is 0.132 e. The lowest BCUT2D eigenvalue weighted by atomic mass is 9.89. The van der Waals surface area contributed by atoms with E-state index >= 15 is 4.39 Å². The van der Waals surface area contributed by atoms with E-state index in [0.29, 0.717) is 18.8 Å². The van der Waals surface area contributed by atoms with Crippen molar-refractivity contribution in [2.45, 2.75) is 70.2 Å². The summed E-state index contributed by atoms with van der Waals surface area (Å²) in [6.45, 7) is 1.00. The second kappa shape index (κ2) is 20.1. The molecule has 3 unspecified atom stereocenters. The number of rotatable bonds is 18. The van der Waals surface area contributed by atoms with Gasteiger partial charge in [0.25, 0.3) is 0 Å². The van der Waals surface area contributed by atoms with E-state index in [9.17, 15) is 5.11 Å². The predicted octanol–water partition coefficient (Wildman–Crippen LogP) is 9.31. The van der Waals surface area contributed by atoms with Gasteiger partial charge in [0.1, 0.15) is 48.7 Å². The molecule has 6 aromatic rings. The molecule has 0 spiro atoms. The van der Waals surface area contributed by atoms with Gasteiger partial charge < -0.3 is 33.5 Å². The van der Waals surface area contributed by atoms with E-state index in [0.717, 1.165) is 27.8 Å². The van der Waals surface area contributed by atoms with E-state index in [2.05, 4.69) is 0 Å². The highest BCUT2D eigenvalue weighted by Crippen LogP contribution is 2.43. The lowest BCUT2D eigenvalue weighted by Crippen LogP contribution is -2.58. The molecule has 1 saturated heterocycles. The van der Waals surface area contributed by atoms with Gasteiger partial charge in [0.05, 0.1) is 39.6 Å². The molecule has 1 fully saturated rings. The standard InChI is InChI=1S/C48H47FO7/c49-42-27-43(52-30-36-18-8-2-9-19-36)41(26-40(42)28-50)45-47(54-32-38-22-12-4-13-23-38)48(55-33-39-24-14-5-15-25-39)46(53-31-37-20-10-3-11-21-37)44(56-45)34-51-29-35-16-6-1-7-17-35/h1-27,44-48,50H,28-34H2/t44?,45?,46-,47+,48?/m1/s1. The molecule has 56 heavy (non-hydrogen) atoms. The number of hydrogen-bond donors (Lipinski definition) is 1. The third kappa shape index (κ3) is 10.6. The normalized spacial score (nSPS) is 19.4. The minimum Gasteiger partial charge on any atom is -0.488 e. The lowest BCUT2D eigenvalue weighted by Gasteiger charge is -2.46. The van der Waals surface area contributed by atoms with Crippen LogP contribution in [0.5, 0.6) is 5.75 Å². The van der Waals surface area contributed by atoms with Crippen LogP contribution in [-0.4, -0.2) is 36.1 Å². The summed E-state index contributed by atoms with van der Waals surface area (Å²) in [5.41, 5.74) is 5.49. The first-order valence-electron chi connectivity index (χ1n) is 19.0. The Bertz CT molecular complexity index is 2030. The molecule has 0 amide bonds. The molecule has 0 aromatic heterocycles. The maximum Gasteiger partial charge on any atom is 0.132 e. The van der Waals surface area contributed by atoms with Gasteiger partial charge in [-0.1, -0.05) is 152 Å². The summed E-state index contributed by atoms with van der Waals surface area (Å²) in [5.74, 6) is -0.308. The summed E-state index contributed by atoms with van der Waals surface area (Å²) in [6.07, 6.45) is -3.64. The summed E-state index contributed by atoms with van der Waals surface area (Å²) >= 11 is 0. The molecule has 5 atom stereocenters. The third-order valence-corrected chi connectivity index (χ3v) is 9.78. The van der Waals surface area contributed by atoms with Gasteiger partial charge in [0.15, 0.2) is 0 Å². The highest BCUT2D eigenvalue weighted by Gasteiger charge is 2.50. The molecule has 0 bridgehead atoms. The van der Waals surface area contributed by atoms with Gasteiger partial charge >= 0.3 is 0 Å². The molecular formula is C48H47FO7. The van der Waals surface area contributed by atoms with Crippen molar-refractivity contribution in [1.82, 2.24) is 0 Å². The Labute approximate surface area is 328 Å². The van der Waals surface area contributed by atoms with Crippen molar-refractivity contribution in [2.75, 3.05) is 6.61 Å². The maximum absolute atomic E-state index is 15.5. The predicted molar refractivity (Wildman–Crippen MR) is 212 cm³/mol. The zero-order valence-corrected chi connectivity index (χ0v) is 31.2. The van der Waals surface area contributed by atoms with E-state index in [1.54, 1.807) is 6.07 Å². The Morgan fingerprint density at radius 1 is 0.500 bits per heavy atom. The van der Waals surface area contributed by atoms with Gasteiger partial charge in [-0.2, -0.15) is 0 Å². The van der Waals surface area contributed by atoms with Crippen LogP contribution in [0, 0.1) is 5.82 Å². The van der Waals surface area contributed by atoms with Crippen LogP contribution in [0.15, 0.2) is 164 Å². The second-order valence-corrected chi connectivity index (χ2v) is 13.8. The van der Waals surface area contributed by atoms with Crippen LogP contribution < -0.4 is 4.74 Å². The molecule has 0 radical (unpaired) electrons. The highest BCUT2D eigenvalue weighted by atomic mass is 19.1. The van der Waals surface area contributed by atoms with Crippen LogP contribution >= 0.6 is 0 Å². The van der Waals surface area contributed by atoms with E-state index < -0.39 is 42.9 Å². The van der Waals surface area contributed by atoms with Gasteiger partial charge in [-0.25, -0.2) is 4.39 Å². The summed E-state index contributed by atoms with van der Waals surface area (Å²) in [5, 5.41) is 10.3. The van der Waals surface area contributed by atoms with Gasteiger partial charge in [0.2, 0.25) is 0 Å².